The molecular weight excluding hydrogens is 398 g/mol. The van der Waals surface area contributed by atoms with Crippen molar-refractivity contribution in [3.63, 3.8) is 0 Å². The van der Waals surface area contributed by atoms with Crippen LogP contribution in [0.3, 0.4) is 0 Å². The number of carbonyl (C=O) groups is 1. The van der Waals surface area contributed by atoms with Gasteiger partial charge >= 0.3 is 6.03 Å². The number of anilines is 2. The van der Waals surface area contributed by atoms with E-state index >= 15 is 0 Å². The summed E-state index contributed by atoms with van der Waals surface area (Å²) in [4.78, 5) is 24.3. The lowest BCUT2D eigenvalue weighted by Gasteiger charge is -2.14. The van der Waals surface area contributed by atoms with Crippen LogP contribution < -0.4 is 20.7 Å². The fourth-order valence-corrected chi connectivity index (χ4v) is 5.04. The van der Waals surface area contributed by atoms with Gasteiger partial charge in [0.05, 0.1) is 18.2 Å². The minimum absolute atomic E-state index is 0.267. The number of benzene rings is 1. The Hall–Kier alpha value is -2.87. The maximum atomic E-state index is 12.2. The van der Waals surface area contributed by atoms with Crippen LogP contribution >= 0.6 is 11.3 Å². The monoisotopic (exact) mass is 425 g/mol. The van der Waals surface area contributed by atoms with E-state index in [1.165, 1.54) is 28.7 Å². The molecule has 0 unspecified atom stereocenters. The van der Waals surface area contributed by atoms with E-state index in [2.05, 4.69) is 22.9 Å². The Kier molecular flexibility index (Phi) is 6.32. The molecule has 0 saturated carbocycles. The molecule has 0 atom stereocenters. The number of carbonyl (C=O) groups excluding carboxylic acids is 1. The lowest BCUT2D eigenvalue weighted by atomic mass is 9.97. The van der Waals surface area contributed by atoms with E-state index in [1.807, 2.05) is 29.5 Å². The van der Waals surface area contributed by atoms with Gasteiger partial charge in [-0.3, -0.25) is 0 Å². The third-order valence-electron chi connectivity index (χ3n) is 5.24. The van der Waals surface area contributed by atoms with Crippen LogP contribution in [0.4, 0.5) is 16.3 Å². The van der Waals surface area contributed by atoms with Crippen LogP contribution in [-0.2, 0) is 19.3 Å². The van der Waals surface area contributed by atoms with Gasteiger partial charge in [0, 0.05) is 24.4 Å². The predicted octanol–water partition coefficient (Wildman–Crippen LogP) is 4.37. The molecule has 2 amide bonds. The average Bonchev–Trinajstić information content (AvgIpc) is 3.15. The molecule has 2 aromatic heterocycles. The van der Waals surface area contributed by atoms with Gasteiger partial charge in [-0.25, -0.2) is 14.8 Å². The quantitative estimate of drug-likeness (QED) is 0.489. The van der Waals surface area contributed by atoms with Gasteiger partial charge in [-0.15, -0.1) is 11.3 Å². The van der Waals surface area contributed by atoms with Gasteiger partial charge in [0.1, 0.15) is 22.2 Å². The molecule has 1 aromatic carbocycles. The van der Waals surface area contributed by atoms with Crippen molar-refractivity contribution < 1.29 is 9.53 Å². The number of aryl methyl sites for hydroxylation is 3. The van der Waals surface area contributed by atoms with Gasteiger partial charge in [0.15, 0.2) is 0 Å². The van der Waals surface area contributed by atoms with E-state index < -0.39 is 0 Å². The Bertz CT molecular complexity index is 1050. The molecule has 158 valence electrons. The second-order valence-electron chi connectivity index (χ2n) is 7.24. The van der Waals surface area contributed by atoms with E-state index in [4.69, 9.17) is 14.7 Å². The van der Waals surface area contributed by atoms with Crippen LogP contribution in [0.1, 0.15) is 36.0 Å². The van der Waals surface area contributed by atoms with Crippen molar-refractivity contribution in [2.24, 2.45) is 0 Å². The summed E-state index contributed by atoms with van der Waals surface area (Å²) in [7, 11) is 1.58. The standard InChI is InChI=1S/C22H27N5O2S/c1-3-18-26-20(19-14-8-4-7-11-17(14)30-21(19)27-18)23-12-13-24-22(28)25-15-9-5-6-10-16(15)29-2/h5-6,9-10H,3-4,7-8,11-13H2,1-2H3,(H,23,26,27)(H2,24,25,28). The van der Waals surface area contributed by atoms with Crippen LogP contribution in [0, 0.1) is 0 Å². The first kappa shape index (κ1) is 20.4. The molecule has 0 aliphatic heterocycles. The van der Waals surface area contributed by atoms with Crippen molar-refractivity contribution in [2.45, 2.75) is 39.0 Å². The van der Waals surface area contributed by atoms with Crippen molar-refractivity contribution >= 4 is 39.1 Å². The number of fused-ring (bicyclic) bond motifs is 3. The zero-order valence-electron chi connectivity index (χ0n) is 17.4. The number of amides is 2. The highest BCUT2D eigenvalue weighted by atomic mass is 32.1. The smallest absolute Gasteiger partial charge is 0.319 e. The number of hydrogen-bond acceptors (Lipinski definition) is 6. The SMILES string of the molecule is CCc1nc(NCCNC(=O)Nc2ccccc2OC)c2c3c(sc2n1)CCCC3. The normalized spacial score (nSPS) is 13.0. The molecule has 0 radical (unpaired) electrons. The molecule has 1 aliphatic rings. The van der Waals surface area contributed by atoms with Crippen molar-refractivity contribution in [1.29, 1.82) is 0 Å². The maximum absolute atomic E-state index is 12.2. The summed E-state index contributed by atoms with van der Waals surface area (Å²) in [5.41, 5.74) is 2.05. The van der Waals surface area contributed by atoms with E-state index in [0.717, 1.165) is 35.7 Å². The molecule has 0 bridgehead atoms. The van der Waals surface area contributed by atoms with Gasteiger partial charge in [-0.1, -0.05) is 19.1 Å². The molecule has 0 spiro atoms. The van der Waals surface area contributed by atoms with E-state index in [-0.39, 0.29) is 6.03 Å². The van der Waals surface area contributed by atoms with Gasteiger partial charge in [-0.2, -0.15) is 0 Å². The van der Waals surface area contributed by atoms with Crippen molar-refractivity contribution in [2.75, 3.05) is 30.8 Å². The van der Waals surface area contributed by atoms with Crippen molar-refractivity contribution in [3.05, 3.63) is 40.5 Å². The van der Waals surface area contributed by atoms with Gasteiger partial charge in [0.25, 0.3) is 0 Å². The Morgan fingerprint density at radius 2 is 2.00 bits per heavy atom. The molecule has 0 saturated heterocycles. The molecule has 3 aromatic rings. The van der Waals surface area contributed by atoms with Crippen LogP contribution in [0.15, 0.2) is 24.3 Å². The maximum Gasteiger partial charge on any atom is 0.319 e. The van der Waals surface area contributed by atoms with Gasteiger partial charge in [-0.05, 0) is 43.4 Å². The number of nitrogens with zero attached hydrogens (tertiary/aromatic N) is 2. The van der Waals surface area contributed by atoms with Crippen LogP contribution in [0.2, 0.25) is 0 Å². The summed E-state index contributed by atoms with van der Waals surface area (Å²) in [6.45, 7) is 3.13. The molecule has 1 aliphatic carbocycles. The second kappa shape index (κ2) is 9.30. The first-order valence-electron chi connectivity index (χ1n) is 10.4. The zero-order valence-corrected chi connectivity index (χ0v) is 18.2. The predicted molar refractivity (Wildman–Crippen MR) is 122 cm³/mol. The third-order valence-corrected chi connectivity index (χ3v) is 6.42. The molecule has 8 heteroatoms. The summed E-state index contributed by atoms with van der Waals surface area (Å²) in [6.07, 6.45) is 5.51. The number of para-hydroxylation sites is 2. The molecule has 4 rings (SSSR count). The Balaban J connectivity index is 1.40. The minimum Gasteiger partial charge on any atom is -0.495 e. The highest BCUT2D eigenvalue weighted by Gasteiger charge is 2.20. The van der Waals surface area contributed by atoms with E-state index in [0.29, 0.717) is 24.5 Å². The zero-order chi connectivity index (χ0) is 20.9. The lowest BCUT2D eigenvalue weighted by Crippen LogP contribution is -2.32. The van der Waals surface area contributed by atoms with Crippen molar-refractivity contribution in [1.82, 2.24) is 15.3 Å². The first-order valence-corrected chi connectivity index (χ1v) is 11.2. The van der Waals surface area contributed by atoms with E-state index in [1.54, 1.807) is 13.2 Å². The van der Waals surface area contributed by atoms with Crippen LogP contribution in [0.25, 0.3) is 10.2 Å². The first-order chi connectivity index (χ1) is 14.7. The Labute approximate surface area is 180 Å². The highest BCUT2D eigenvalue weighted by molar-refractivity contribution is 7.19. The average molecular weight is 426 g/mol. The second-order valence-corrected chi connectivity index (χ2v) is 8.32. The van der Waals surface area contributed by atoms with Gasteiger partial charge in [0.2, 0.25) is 0 Å². The lowest BCUT2D eigenvalue weighted by molar-refractivity contribution is 0.252. The number of hydrogen-bond donors (Lipinski definition) is 3. The highest BCUT2D eigenvalue weighted by Crippen LogP contribution is 2.38. The molecule has 3 N–H and O–H groups in total. The number of urea groups is 1. The largest absolute Gasteiger partial charge is 0.495 e. The number of ether oxygens (including phenoxy) is 1. The number of nitrogens with one attached hydrogen (secondary N) is 3. The summed E-state index contributed by atoms with van der Waals surface area (Å²) in [5, 5.41) is 10.3. The Morgan fingerprint density at radius 3 is 2.83 bits per heavy atom. The van der Waals surface area contributed by atoms with Crippen molar-refractivity contribution in [3.8, 4) is 5.75 Å². The topological polar surface area (TPSA) is 88.2 Å². The molecule has 0 fully saturated rings. The molecule has 30 heavy (non-hydrogen) atoms. The fourth-order valence-electron chi connectivity index (χ4n) is 3.76. The van der Waals surface area contributed by atoms with Crippen LogP contribution in [-0.4, -0.2) is 36.2 Å². The molecule has 7 nitrogen and oxygen atoms in total. The number of rotatable bonds is 7. The number of aromatic nitrogens is 2. The number of methoxy groups -OCH3 is 1. The summed E-state index contributed by atoms with van der Waals surface area (Å²) in [6, 6.07) is 7.07. The van der Waals surface area contributed by atoms with Gasteiger partial charge < -0.3 is 20.7 Å². The van der Waals surface area contributed by atoms with Crippen LogP contribution in [0.5, 0.6) is 5.75 Å². The Morgan fingerprint density at radius 1 is 1.17 bits per heavy atom. The summed E-state index contributed by atoms with van der Waals surface area (Å²) >= 11 is 1.81. The summed E-state index contributed by atoms with van der Waals surface area (Å²) in [5.74, 6) is 2.37. The number of thiophene rings is 1. The fraction of sp³-hybridized carbons (Fsp3) is 0.409. The minimum atomic E-state index is -0.267. The molecular formula is C22H27N5O2S. The van der Waals surface area contributed by atoms with E-state index in [9.17, 15) is 4.79 Å². The molecule has 2 heterocycles. The third kappa shape index (κ3) is 4.33. The summed E-state index contributed by atoms with van der Waals surface area (Å²) < 4.78 is 5.26.